The van der Waals surface area contributed by atoms with Crippen LogP contribution in [0.4, 0.5) is 11.4 Å². The molecule has 6 heteroatoms. The Morgan fingerprint density at radius 3 is 2.72 bits per heavy atom. The monoisotopic (exact) mass is 338 g/mol. The van der Waals surface area contributed by atoms with E-state index in [4.69, 9.17) is 0 Å². The molecule has 1 fully saturated rings. The third-order valence-electron chi connectivity index (χ3n) is 4.38. The maximum atomic E-state index is 12.5. The lowest BCUT2D eigenvalue weighted by molar-refractivity contribution is -0.120. The number of nitrogens with one attached hydrogen (secondary N) is 2. The summed E-state index contributed by atoms with van der Waals surface area (Å²) in [5.41, 5.74) is 1.80. The van der Waals surface area contributed by atoms with E-state index in [0.717, 1.165) is 25.9 Å². The van der Waals surface area contributed by atoms with Gasteiger partial charge in [0, 0.05) is 23.8 Å². The van der Waals surface area contributed by atoms with Crippen LogP contribution in [0.5, 0.6) is 0 Å². The summed E-state index contributed by atoms with van der Waals surface area (Å²) >= 11 is 0. The quantitative estimate of drug-likeness (QED) is 0.879. The van der Waals surface area contributed by atoms with Gasteiger partial charge < -0.3 is 10.6 Å². The van der Waals surface area contributed by atoms with Gasteiger partial charge in [-0.1, -0.05) is 13.0 Å². The molecule has 0 unspecified atom stereocenters. The second-order valence-corrected chi connectivity index (χ2v) is 6.05. The molecule has 1 saturated heterocycles. The SMILES string of the molecule is CCN1CCC[C@H]1C(=O)Nc1cccc(NC(=O)c2cccnc2)c1. The van der Waals surface area contributed by atoms with Gasteiger partial charge in [-0.05, 0) is 56.3 Å². The van der Waals surface area contributed by atoms with Gasteiger partial charge >= 0.3 is 0 Å². The average molecular weight is 338 g/mol. The number of benzene rings is 1. The predicted molar refractivity (Wildman–Crippen MR) is 97.5 cm³/mol. The third-order valence-corrected chi connectivity index (χ3v) is 4.38. The van der Waals surface area contributed by atoms with Crippen LogP contribution >= 0.6 is 0 Å². The number of hydrogen-bond donors (Lipinski definition) is 2. The molecular formula is C19H22N4O2. The first kappa shape index (κ1) is 17.1. The minimum absolute atomic E-state index is 0.00934. The molecule has 0 aliphatic carbocycles. The van der Waals surface area contributed by atoms with E-state index in [1.807, 2.05) is 6.07 Å². The summed E-state index contributed by atoms with van der Waals surface area (Å²) in [6.07, 6.45) is 5.07. The lowest BCUT2D eigenvalue weighted by atomic mass is 10.2. The average Bonchev–Trinajstić information content (AvgIpc) is 3.11. The number of carbonyl (C=O) groups is 2. The highest BCUT2D eigenvalue weighted by atomic mass is 16.2. The molecule has 6 nitrogen and oxygen atoms in total. The minimum atomic E-state index is -0.232. The molecule has 25 heavy (non-hydrogen) atoms. The van der Waals surface area contributed by atoms with Crippen molar-refractivity contribution < 1.29 is 9.59 Å². The van der Waals surface area contributed by atoms with Crippen molar-refractivity contribution in [3.05, 3.63) is 54.4 Å². The lowest BCUT2D eigenvalue weighted by Gasteiger charge is -2.21. The summed E-state index contributed by atoms with van der Waals surface area (Å²) in [4.78, 5) is 30.8. The summed E-state index contributed by atoms with van der Waals surface area (Å²) in [6, 6.07) is 10.5. The fourth-order valence-corrected chi connectivity index (χ4v) is 3.10. The van der Waals surface area contributed by atoms with Crippen LogP contribution in [0.25, 0.3) is 0 Å². The first-order chi connectivity index (χ1) is 12.2. The first-order valence-electron chi connectivity index (χ1n) is 8.53. The molecule has 2 N–H and O–H groups in total. The van der Waals surface area contributed by atoms with Gasteiger partial charge in [0.15, 0.2) is 0 Å². The van der Waals surface area contributed by atoms with Crippen LogP contribution in [0.1, 0.15) is 30.1 Å². The number of anilines is 2. The Balaban J connectivity index is 1.65. The number of pyridine rings is 1. The summed E-state index contributed by atoms with van der Waals surface area (Å²) < 4.78 is 0. The molecular weight excluding hydrogens is 316 g/mol. The van der Waals surface area contributed by atoms with E-state index >= 15 is 0 Å². The number of hydrogen-bond acceptors (Lipinski definition) is 4. The highest BCUT2D eigenvalue weighted by Crippen LogP contribution is 2.20. The van der Waals surface area contributed by atoms with E-state index < -0.39 is 0 Å². The molecule has 1 atom stereocenters. The highest BCUT2D eigenvalue weighted by Gasteiger charge is 2.29. The zero-order valence-corrected chi connectivity index (χ0v) is 14.2. The highest BCUT2D eigenvalue weighted by molar-refractivity contribution is 6.04. The second-order valence-electron chi connectivity index (χ2n) is 6.05. The normalized spacial score (nSPS) is 17.2. The van der Waals surface area contributed by atoms with Crippen LogP contribution in [0, 0.1) is 0 Å². The van der Waals surface area contributed by atoms with Crippen LogP contribution in [0.2, 0.25) is 0 Å². The van der Waals surface area contributed by atoms with Crippen LogP contribution in [0.3, 0.4) is 0 Å². The summed E-state index contributed by atoms with van der Waals surface area (Å²) in [5.74, 6) is -0.223. The van der Waals surface area contributed by atoms with Gasteiger partial charge in [-0.15, -0.1) is 0 Å². The molecule has 1 aromatic carbocycles. The van der Waals surface area contributed by atoms with Crippen LogP contribution < -0.4 is 10.6 Å². The summed E-state index contributed by atoms with van der Waals surface area (Å²) in [7, 11) is 0. The molecule has 2 amide bonds. The molecule has 2 aromatic rings. The Morgan fingerprint density at radius 2 is 2.00 bits per heavy atom. The lowest BCUT2D eigenvalue weighted by Crippen LogP contribution is -2.39. The summed E-state index contributed by atoms with van der Waals surface area (Å²) in [5, 5.41) is 5.78. The van der Waals surface area contributed by atoms with Crippen LogP contribution in [0.15, 0.2) is 48.8 Å². The standard InChI is InChI=1S/C19H22N4O2/c1-2-23-11-5-9-17(23)19(25)22-16-8-3-7-15(12-16)21-18(24)14-6-4-10-20-13-14/h3-4,6-8,10,12-13,17H,2,5,9,11H2,1H3,(H,21,24)(H,22,25)/t17-/m0/s1. The zero-order chi connectivity index (χ0) is 17.6. The fraction of sp³-hybridized carbons (Fsp3) is 0.316. The van der Waals surface area contributed by atoms with Crippen molar-refractivity contribution in [2.24, 2.45) is 0 Å². The van der Waals surface area contributed by atoms with Crippen molar-refractivity contribution in [1.82, 2.24) is 9.88 Å². The zero-order valence-electron chi connectivity index (χ0n) is 14.2. The molecule has 0 saturated carbocycles. The molecule has 0 bridgehead atoms. The number of carbonyl (C=O) groups excluding carboxylic acids is 2. The van der Waals surface area contributed by atoms with Crippen molar-refractivity contribution in [1.29, 1.82) is 0 Å². The largest absolute Gasteiger partial charge is 0.325 e. The Kier molecular flexibility index (Phi) is 5.40. The Bertz CT molecular complexity index is 748. The molecule has 130 valence electrons. The van der Waals surface area contributed by atoms with E-state index in [1.54, 1.807) is 36.5 Å². The van der Waals surface area contributed by atoms with Crippen molar-refractivity contribution >= 4 is 23.2 Å². The molecule has 1 aliphatic heterocycles. The molecule has 3 rings (SSSR count). The van der Waals surface area contributed by atoms with Crippen molar-refractivity contribution in [2.45, 2.75) is 25.8 Å². The Labute approximate surface area is 147 Å². The van der Waals surface area contributed by atoms with Gasteiger partial charge in [0.1, 0.15) is 0 Å². The summed E-state index contributed by atoms with van der Waals surface area (Å²) in [6.45, 7) is 3.91. The number of aromatic nitrogens is 1. The fourth-order valence-electron chi connectivity index (χ4n) is 3.10. The van der Waals surface area contributed by atoms with Crippen molar-refractivity contribution in [3.63, 3.8) is 0 Å². The molecule has 1 aliphatic rings. The van der Waals surface area contributed by atoms with Crippen molar-refractivity contribution in [2.75, 3.05) is 23.7 Å². The van der Waals surface area contributed by atoms with Gasteiger partial charge in [0.25, 0.3) is 5.91 Å². The van der Waals surface area contributed by atoms with Gasteiger partial charge in [-0.25, -0.2) is 0 Å². The molecule has 0 radical (unpaired) electrons. The predicted octanol–water partition coefficient (Wildman–Crippen LogP) is 2.76. The second kappa shape index (κ2) is 7.90. The number of rotatable bonds is 5. The number of likely N-dealkylation sites (tertiary alicyclic amines) is 1. The van der Waals surface area contributed by atoms with Gasteiger partial charge in [0.05, 0.1) is 11.6 Å². The number of nitrogens with zero attached hydrogens (tertiary/aromatic N) is 2. The van der Waals surface area contributed by atoms with E-state index in [9.17, 15) is 9.59 Å². The molecule has 1 aromatic heterocycles. The smallest absolute Gasteiger partial charge is 0.257 e. The number of likely N-dealkylation sites (N-methyl/N-ethyl adjacent to an activating group) is 1. The number of amides is 2. The Morgan fingerprint density at radius 1 is 1.20 bits per heavy atom. The maximum absolute atomic E-state index is 12.5. The first-order valence-corrected chi connectivity index (χ1v) is 8.53. The van der Waals surface area contributed by atoms with Crippen LogP contribution in [-0.4, -0.2) is 40.8 Å². The maximum Gasteiger partial charge on any atom is 0.257 e. The molecule has 2 heterocycles. The van der Waals surface area contributed by atoms with Gasteiger partial charge in [-0.3, -0.25) is 19.5 Å². The third kappa shape index (κ3) is 4.22. The van der Waals surface area contributed by atoms with Crippen LogP contribution in [-0.2, 0) is 4.79 Å². The molecule has 0 spiro atoms. The Hall–Kier alpha value is -2.73. The van der Waals surface area contributed by atoms with E-state index in [0.29, 0.717) is 16.9 Å². The van der Waals surface area contributed by atoms with Crippen molar-refractivity contribution in [3.8, 4) is 0 Å². The topological polar surface area (TPSA) is 74.3 Å². The van der Waals surface area contributed by atoms with E-state index in [1.165, 1.54) is 6.20 Å². The van der Waals surface area contributed by atoms with E-state index in [-0.39, 0.29) is 17.9 Å². The van der Waals surface area contributed by atoms with Gasteiger partial charge in [0.2, 0.25) is 5.91 Å². The van der Waals surface area contributed by atoms with Gasteiger partial charge in [-0.2, -0.15) is 0 Å². The minimum Gasteiger partial charge on any atom is -0.325 e. The van der Waals surface area contributed by atoms with E-state index in [2.05, 4.69) is 27.4 Å².